The van der Waals surface area contributed by atoms with Crippen LogP contribution in [0.15, 0.2) is 77.9 Å². The summed E-state index contributed by atoms with van der Waals surface area (Å²) in [5.41, 5.74) is 2.97. The van der Waals surface area contributed by atoms with Gasteiger partial charge in [-0.2, -0.15) is 10.1 Å². The van der Waals surface area contributed by atoms with Crippen LogP contribution in [0.5, 0.6) is 0 Å². The highest BCUT2D eigenvalue weighted by atomic mass is 32.1. The van der Waals surface area contributed by atoms with Gasteiger partial charge in [0.1, 0.15) is 5.82 Å². The van der Waals surface area contributed by atoms with Gasteiger partial charge in [0.05, 0.1) is 16.4 Å². The zero-order chi connectivity index (χ0) is 19.5. The van der Waals surface area contributed by atoms with Crippen molar-refractivity contribution in [2.75, 3.05) is 5.01 Å². The van der Waals surface area contributed by atoms with Gasteiger partial charge in [-0.05, 0) is 42.8 Å². The number of anilines is 1. The Hall–Kier alpha value is -3.38. The van der Waals surface area contributed by atoms with Gasteiger partial charge in [-0.25, -0.2) is 9.37 Å². The van der Waals surface area contributed by atoms with Crippen LogP contribution >= 0.6 is 11.3 Å². The van der Waals surface area contributed by atoms with E-state index in [-0.39, 0.29) is 11.7 Å². The van der Waals surface area contributed by atoms with Crippen LogP contribution in [0.4, 0.5) is 9.52 Å². The molecule has 6 heteroatoms. The number of hydrazone groups is 1. The largest absolute Gasteiger partial charge is 0.280 e. The summed E-state index contributed by atoms with van der Waals surface area (Å²) in [5.74, 6) is -0.637. The number of hydrogen-bond donors (Lipinski definition) is 0. The third-order valence-electron chi connectivity index (χ3n) is 4.10. The fraction of sp³-hybridized carbons (Fsp3) is 0.0455. The number of aromatic nitrogens is 1. The topological polar surface area (TPSA) is 45.6 Å². The molecule has 0 spiro atoms. The molecule has 1 amide bonds. The van der Waals surface area contributed by atoms with E-state index in [1.54, 1.807) is 24.4 Å². The summed E-state index contributed by atoms with van der Waals surface area (Å²) in [4.78, 5) is 17.6. The summed E-state index contributed by atoms with van der Waals surface area (Å²) >= 11 is 1.22. The van der Waals surface area contributed by atoms with Crippen molar-refractivity contribution in [1.82, 2.24) is 4.98 Å². The van der Waals surface area contributed by atoms with Gasteiger partial charge < -0.3 is 0 Å². The molecule has 0 unspecified atom stereocenters. The molecular weight excluding hydrogens is 373 g/mol. The van der Waals surface area contributed by atoms with Gasteiger partial charge in [0.2, 0.25) is 5.13 Å². The zero-order valence-corrected chi connectivity index (χ0v) is 15.9. The first-order valence-corrected chi connectivity index (χ1v) is 9.48. The highest BCUT2D eigenvalue weighted by Gasteiger charge is 2.21. The normalized spacial score (nSPS) is 11.2. The number of thiazole rings is 1. The molecule has 0 fully saturated rings. The van der Waals surface area contributed by atoms with E-state index in [0.717, 1.165) is 11.1 Å². The Balaban J connectivity index is 1.77. The van der Waals surface area contributed by atoms with E-state index in [1.807, 2.05) is 49.4 Å². The van der Waals surface area contributed by atoms with E-state index >= 15 is 0 Å². The average molecular weight is 389 g/mol. The van der Waals surface area contributed by atoms with E-state index in [2.05, 4.69) is 10.1 Å². The lowest BCUT2D eigenvalue weighted by Gasteiger charge is -2.14. The maximum Gasteiger partial charge on any atom is 0.280 e. The molecule has 1 aromatic heterocycles. The Labute approximate surface area is 165 Å². The summed E-state index contributed by atoms with van der Waals surface area (Å²) in [6.07, 6.45) is 1.61. The number of carbonyl (C=O) groups is 1. The van der Waals surface area contributed by atoms with Crippen LogP contribution in [-0.4, -0.2) is 17.1 Å². The number of aryl methyl sites for hydroxylation is 1. The van der Waals surface area contributed by atoms with Crippen LogP contribution in [0, 0.1) is 12.7 Å². The monoisotopic (exact) mass is 389 g/mol. The SMILES string of the molecule is Cc1cccc(C(=O)N(/N=C/c2ccccc2)c2nc3ccc(F)cc3s2)c1. The Morgan fingerprint density at radius 3 is 2.68 bits per heavy atom. The van der Waals surface area contributed by atoms with E-state index in [1.165, 1.54) is 28.5 Å². The molecule has 0 N–H and O–H groups in total. The van der Waals surface area contributed by atoms with E-state index < -0.39 is 0 Å². The molecule has 3 aromatic carbocycles. The van der Waals surface area contributed by atoms with Crippen molar-refractivity contribution in [2.24, 2.45) is 5.10 Å². The molecule has 0 saturated heterocycles. The lowest BCUT2D eigenvalue weighted by Crippen LogP contribution is -2.25. The van der Waals surface area contributed by atoms with Crippen LogP contribution in [-0.2, 0) is 0 Å². The fourth-order valence-corrected chi connectivity index (χ4v) is 3.68. The minimum Gasteiger partial charge on any atom is -0.267 e. The zero-order valence-electron chi connectivity index (χ0n) is 15.0. The molecule has 0 aliphatic carbocycles. The molecule has 138 valence electrons. The van der Waals surface area contributed by atoms with Gasteiger partial charge in [-0.3, -0.25) is 4.79 Å². The molecule has 4 nitrogen and oxygen atoms in total. The molecule has 0 atom stereocenters. The molecule has 0 aliphatic rings. The Kier molecular flexibility index (Phi) is 4.95. The Bertz CT molecular complexity index is 1170. The van der Waals surface area contributed by atoms with Crippen molar-refractivity contribution in [3.63, 3.8) is 0 Å². The number of carbonyl (C=O) groups excluding carboxylic acids is 1. The van der Waals surface area contributed by atoms with E-state index in [4.69, 9.17) is 0 Å². The molecule has 28 heavy (non-hydrogen) atoms. The first kappa shape index (κ1) is 18.0. The van der Waals surface area contributed by atoms with E-state index in [0.29, 0.717) is 20.9 Å². The van der Waals surface area contributed by atoms with Crippen molar-refractivity contribution < 1.29 is 9.18 Å². The van der Waals surface area contributed by atoms with Gasteiger partial charge >= 0.3 is 0 Å². The van der Waals surface area contributed by atoms with Crippen LogP contribution in [0.25, 0.3) is 10.2 Å². The molecule has 0 aliphatic heterocycles. The molecule has 0 bridgehead atoms. The number of benzene rings is 3. The standard InChI is InChI=1S/C22H16FN3OS/c1-15-6-5-9-17(12-15)21(27)26(24-14-16-7-3-2-4-8-16)22-25-19-11-10-18(23)13-20(19)28-22/h2-14H,1H3/b24-14+. The van der Waals surface area contributed by atoms with Crippen molar-refractivity contribution in [3.05, 3.63) is 95.3 Å². The average Bonchev–Trinajstić information content (AvgIpc) is 3.11. The second-order valence-corrected chi connectivity index (χ2v) is 7.26. The quantitative estimate of drug-likeness (QED) is 0.345. The second kappa shape index (κ2) is 7.70. The summed E-state index contributed by atoms with van der Waals surface area (Å²) in [5, 5.41) is 6.06. The predicted molar refractivity (Wildman–Crippen MR) is 112 cm³/mol. The maximum atomic E-state index is 13.6. The first-order valence-electron chi connectivity index (χ1n) is 8.66. The number of rotatable bonds is 4. The maximum absolute atomic E-state index is 13.6. The summed E-state index contributed by atoms with van der Waals surface area (Å²) in [6.45, 7) is 1.93. The van der Waals surface area contributed by atoms with Crippen molar-refractivity contribution >= 4 is 38.8 Å². The molecule has 4 aromatic rings. The number of amides is 1. The highest BCUT2D eigenvalue weighted by molar-refractivity contribution is 7.22. The first-order chi connectivity index (χ1) is 13.6. The van der Waals surface area contributed by atoms with Gasteiger partial charge in [0.15, 0.2) is 0 Å². The molecule has 0 saturated carbocycles. The van der Waals surface area contributed by atoms with Gasteiger partial charge in [0, 0.05) is 5.56 Å². The van der Waals surface area contributed by atoms with Crippen LogP contribution in [0.1, 0.15) is 21.5 Å². The number of fused-ring (bicyclic) bond motifs is 1. The molecular formula is C22H16FN3OS. The van der Waals surface area contributed by atoms with Gasteiger partial charge in [-0.1, -0.05) is 59.4 Å². The van der Waals surface area contributed by atoms with Crippen LogP contribution in [0.3, 0.4) is 0 Å². The van der Waals surface area contributed by atoms with Crippen molar-refractivity contribution in [1.29, 1.82) is 0 Å². The van der Waals surface area contributed by atoms with Gasteiger partial charge in [-0.15, -0.1) is 0 Å². The number of nitrogens with zero attached hydrogens (tertiary/aromatic N) is 3. The molecule has 1 heterocycles. The van der Waals surface area contributed by atoms with Gasteiger partial charge in [0.25, 0.3) is 5.91 Å². The smallest absolute Gasteiger partial charge is 0.267 e. The van der Waals surface area contributed by atoms with E-state index in [9.17, 15) is 9.18 Å². The number of hydrogen-bond acceptors (Lipinski definition) is 4. The third kappa shape index (κ3) is 3.82. The Morgan fingerprint density at radius 1 is 1.07 bits per heavy atom. The summed E-state index contributed by atoms with van der Waals surface area (Å²) < 4.78 is 14.2. The number of halogens is 1. The van der Waals surface area contributed by atoms with Crippen LogP contribution in [0.2, 0.25) is 0 Å². The minimum atomic E-state index is -0.341. The predicted octanol–water partition coefficient (Wildman–Crippen LogP) is 5.42. The molecule has 4 rings (SSSR count). The lowest BCUT2D eigenvalue weighted by atomic mass is 10.1. The fourth-order valence-electron chi connectivity index (χ4n) is 2.73. The summed E-state index contributed by atoms with van der Waals surface area (Å²) in [6, 6.07) is 21.2. The third-order valence-corrected chi connectivity index (χ3v) is 5.09. The van der Waals surface area contributed by atoms with Crippen molar-refractivity contribution in [3.8, 4) is 0 Å². The highest BCUT2D eigenvalue weighted by Crippen LogP contribution is 2.30. The van der Waals surface area contributed by atoms with Crippen molar-refractivity contribution in [2.45, 2.75) is 6.92 Å². The second-order valence-electron chi connectivity index (χ2n) is 6.25. The Morgan fingerprint density at radius 2 is 1.89 bits per heavy atom. The molecule has 0 radical (unpaired) electrons. The summed E-state index contributed by atoms with van der Waals surface area (Å²) in [7, 11) is 0. The minimum absolute atomic E-state index is 0.296. The lowest BCUT2D eigenvalue weighted by molar-refractivity contribution is 0.0987. The van der Waals surface area contributed by atoms with Crippen LogP contribution < -0.4 is 5.01 Å².